The minimum atomic E-state index is 0. The van der Waals surface area contributed by atoms with Gasteiger partial charge in [0.2, 0.25) is 0 Å². The molecule has 1 heterocycles. The van der Waals surface area contributed by atoms with Crippen molar-refractivity contribution in [1.82, 2.24) is 0 Å². The number of morpholine rings is 1. The van der Waals surface area contributed by atoms with E-state index in [4.69, 9.17) is 12.6 Å². The second-order valence-electron chi connectivity index (χ2n) is 3.19. The maximum absolute atomic E-state index is 5.61. The van der Waals surface area contributed by atoms with Gasteiger partial charge in [0.1, 0.15) is 0 Å². The van der Waals surface area contributed by atoms with E-state index in [1.54, 1.807) is 0 Å². The minimum absolute atomic E-state index is 0. The molecule has 1 aliphatic heterocycles. The average Bonchev–Trinajstić information content (AvgIpc) is 2.20. The van der Waals surface area contributed by atoms with E-state index in [1.807, 2.05) is 12.1 Å². The summed E-state index contributed by atoms with van der Waals surface area (Å²) in [5.74, 6) is 0. The molecule has 2 rings (SSSR count). The number of ether oxygens (including phenoxy) is 1. The summed E-state index contributed by atoms with van der Waals surface area (Å²) < 4.78 is 5.28. The van der Waals surface area contributed by atoms with Crippen molar-refractivity contribution >= 4 is 19.0 Å². The van der Waals surface area contributed by atoms with Crippen molar-refractivity contribution in [3.05, 3.63) is 24.3 Å². The predicted octanol–water partition coefficient (Wildman–Crippen LogP) is -0.0366. The van der Waals surface area contributed by atoms with E-state index in [0.29, 0.717) is 0 Å². The molecule has 0 spiro atoms. The van der Waals surface area contributed by atoms with E-state index >= 15 is 0 Å². The first kappa shape index (κ1) is 14.0. The molecule has 1 aliphatic rings. The van der Waals surface area contributed by atoms with Crippen LogP contribution >= 0.6 is 0 Å². The third-order valence-corrected chi connectivity index (χ3v) is 2.27. The van der Waals surface area contributed by atoms with Crippen LogP contribution in [0.1, 0.15) is 0 Å². The van der Waals surface area contributed by atoms with Crippen LogP contribution in [-0.4, -0.2) is 45.1 Å². The Balaban J connectivity index is 0.000000980. The Hall–Kier alpha value is -1.04. The Kier molecular flexibility index (Phi) is 6.00. The Morgan fingerprint density at radius 2 is 1.53 bits per heavy atom. The van der Waals surface area contributed by atoms with E-state index in [2.05, 4.69) is 17.0 Å². The molecule has 4 nitrogen and oxygen atoms in total. The van der Waals surface area contributed by atoms with Crippen LogP contribution in [0.2, 0.25) is 0 Å². The van der Waals surface area contributed by atoms with Gasteiger partial charge in [-0.05, 0) is 0 Å². The van der Waals surface area contributed by atoms with E-state index in [-0.39, 0.29) is 11.0 Å². The van der Waals surface area contributed by atoms with Gasteiger partial charge < -0.3 is 11.0 Å². The summed E-state index contributed by atoms with van der Waals surface area (Å²) in [5.41, 5.74) is 2.05. The normalized spacial score (nSPS) is 15.2. The molecule has 1 aromatic carbocycles. The first-order chi connectivity index (χ1) is 6.36. The van der Waals surface area contributed by atoms with Crippen LogP contribution in [0.4, 0.5) is 5.69 Å². The Morgan fingerprint density at radius 1 is 1.00 bits per heavy atom. The molecule has 0 aromatic heterocycles. The monoisotopic (exact) mass is 207 g/mol. The molecule has 0 amide bonds. The van der Waals surface area contributed by atoms with Crippen molar-refractivity contribution in [1.29, 1.82) is 0 Å². The molecule has 0 saturated carbocycles. The third-order valence-electron chi connectivity index (χ3n) is 2.27. The maximum Gasteiger partial charge on any atom is -0.870 e. The first-order valence-corrected chi connectivity index (χ1v) is 4.54. The average molecular weight is 207 g/mol. The fraction of sp³-hybridized carbons (Fsp3) is 0.400. The zero-order valence-corrected chi connectivity index (χ0v) is 8.47. The van der Waals surface area contributed by atoms with E-state index < -0.39 is 0 Å². The number of rotatable bonds is 1. The van der Waals surface area contributed by atoms with E-state index in [0.717, 1.165) is 31.8 Å². The van der Waals surface area contributed by atoms with Gasteiger partial charge in [0.15, 0.2) is 0 Å². The van der Waals surface area contributed by atoms with Crippen molar-refractivity contribution in [3.63, 3.8) is 0 Å². The van der Waals surface area contributed by atoms with E-state index in [1.165, 1.54) is 5.69 Å². The molecule has 15 heavy (non-hydrogen) atoms. The molecule has 2 N–H and O–H groups in total. The van der Waals surface area contributed by atoms with Crippen molar-refractivity contribution in [2.45, 2.75) is 0 Å². The molecule has 0 aliphatic carbocycles. The van der Waals surface area contributed by atoms with Crippen LogP contribution in [0.25, 0.3) is 0 Å². The van der Waals surface area contributed by atoms with Gasteiger partial charge in [-0.3, -0.25) is 0 Å². The topological polar surface area (TPSA) is 72.5 Å². The fourth-order valence-electron chi connectivity index (χ4n) is 1.51. The van der Waals surface area contributed by atoms with Crippen molar-refractivity contribution in [2.24, 2.45) is 0 Å². The molecule has 0 radical (unpaired) electrons. The van der Waals surface area contributed by atoms with Gasteiger partial charge >= 0.3 is 79.2 Å². The molecule has 80 valence electrons. The van der Waals surface area contributed by atoms with Crippen LogP contribution in [0.15, 0.2) is 24.3 Å². The summed E-state index contributed by atoms with van der Waals surface area (Å²) in [4.78, 5) is 2.31. The van der Waals surface area contributed by atoms with Gasteiger partial charge in [-0.25, -0.2) is 0 Å². The first-order valence-electron chi connectivity index (χ1n) is 4.54. The van der Waals surface area contributed by atoms with Crippen LogP contribution in [0.5, 0.6) is 0 Å². The quantitative estimate of drug-likeness (QED) is 0.605. The molecular formula is C10H14BNO3. The zero-order valence-electron chi connectivity index (χ0n) is 8.47. The van der Waals surface area contributed by atoms with Crippen LogP contribution in [0.3, 0.4) is 0 Å². The molecule has 0 unspecified atom stereocenters. The standard InChI is InChI=1S/C10H12BNO.2H2O/c11-9-1-3-10(4-2-9)12-5-7-13-8-6-12;;/h1-4H,5-8H2;2*1H2/q+2;;/p-2. The van der Waals surface area contributed by atoms with Gasteiger partial charge in [0, 0.05) is 0 Å². The summed E-state index contributed by atoms with van der Waals surface area (Å²) in [7, 11) is 5.61. The second-order valence-corrected chi connectivity index (χ2v) is 3.19. The molecule has 1 aromatic rings. The van der Waals surface area contributed by atoms with Crippen LogP contribution in [-0.2, 0) is 4.74 Å². The maximum atomic E-state index is 5.61. The summed E-state index contributed by atoms with van der Waals surface area (Å²) in [5, 5.41) is 0. The Labute approximate surface area is 90.9 Å². The third kappa shape index (κ3) is 3.55. The summed E-state index contributed by atoms with van der Waals surface area (Å²) in [6.07, 6.45) is 0. The van der Waals surface area contributed by atoms with E-state index in [9.17, 15) is 0 Å². The number of hydrogen-bond acceptors (Lipinski definition) is 4. The van der Waals surface area contributed by atoms with Gasteiger partial charge in [0.25, 0.3) is 0 Å². The zero-order chi connectivity index (χ0) is 9.10. The second kappa shape index (κ2) is 6.45. The molecule has 0 atom stereocenters. The number of anilines is 1. The smallest absolute Gasteiger partial charge is 0.870 e. The van der Waals surface area contributed by atoms with Crippen LogP contribution in [0, 0.1) is 0 Å². The summed E-state index contributed by atoms with van der Waals surface area (Å²) in [6.45, 7) is 3.60. The number of benzene rings is 1. The largest absolute Gasteiger partial charge is 0.870 e. The molecule has 1 saturated heterocycles. The van der Waals surface area contributed by atoms with Gasteiger partial charge in [0.05, 0.1) is 0 Å². The van der Waals surface area contributed by atoms with Crippen molar-refractivity contribution < 1.29 is 15.7 Å². The van der Waals surface area contributed by atoms with Crippen molar-refractivity contribution in [3.8, 4) is 0 Å². The molecule has 1 fully saturated rings. The van der Waals surface area contributed by atoms with Gasteiger partial charge in [-0.1, -0.05) is 0 Å². The summed E-state index contributed by atoms with van der Waals surface area (Å²) >= 11 is 0. The van der Waals surface area contributed by atoms with Crippen LogP contribution < -0.4 is 10.4 Å². The van der Waals surface area contributed by atoms with Gasteiger partial charge in [-0.2, -0.15) is 0 Å². The fourth-order valence-corrected chi connectivity index (χ4v) is 1.51. The molecule has 0 bridgehead atoms. The summed E-state index contributed by atoms with van der Waals surface area (Å²) in [6, 6.07) is 7.98. The Morgan fingerprint density at radius 3 is 2.07 bits per heavy atom. The number of hydrogen-bond donors (Lipinski definition) is 0. The number of nitrogens with zero attached hydrogens (tertiary/aromatic N) is 1. The SMILES string of the molecule is [B+2]c1ccc(N2CCOCC2)cc1.[OH-].[OH-]. The Bertz CT molecular complexity index is 273. The molecule has 5 heteroatoms. The molecular weight excluding hydrogens is 193 g/mol. The predicted molar refractivity (Wildman–Crippen MR) is 58.7 cm³/mol. The van der Waals surface area contributed by atoms with Gasteiger partial charge in [-0.15, -0.1) is 0 Å². The minimum Gasteiger partial charge on any atom is -0.870 e. The van der Waals surface area contributed by atoms with Crippen molar-refractivity contribution in [2.75, 3.05) is 31.2 Å².